The molecule has 0 unspecified atom stereocenters. The summed E-state index contributed by atoms with van der Waals surface area (Å²) in [7, 11) is 0. The molecule has 0 spiro atoms. The molecule has 0 saturated heterocycles. The minimum Gasteiger partial charge on any atom is -0.336 e. The maximum absolute atomic E-state index is 14.5. The van der Waals surface area contributed by atoms with Crippen molar-refractivity contribution in [2.75, 3.05) is 5.32 Å². The molecule has 0 bridgehead atoms. The second-order valence-corrected chi connectivity index (χ2v) is 7.08. The number of nitrogens with one attached hydrogen (secondary N) is 1. The third-order valence-corrected chi connectivity index (χ3v) is 4.79. The molecular weight excluding hydrogens is 460 g/mol. The molecule has 33 heavy (non-hydrogen) atoms. The summed E-state index contributed by atoms with van der Waals surface area (Å²) in [5.41, 5.74) is -3.53. The molecule has 1 N–H and O–H groups in total. The van der Waals surface area contributed by atoms with Crippen LogP contribution in [0.3, 0.4) is 0 Å². The van der Waals surface area contributed by atoms with Crippen LogP contribution in [-0.2, 0) is 19.0 Å². The Bertz CT molecular complexity index is 1250. The third-order valence-electron chi connectivity index (χ3n) is 4.79. The van der Waals surface area contributed by atoms with E-state index in [9.17, 15) is 35.1 Å². The highest BCUT2D eigenvalue weighted by Crippen LogP contribution is 2.36. The van der Waals surface area contributed by atoms with Crippen LogP contribution >= 0.6 is 0 Å². The van der Waals surface area contributed by atoms with Gasteiger partial charge in [-0.15, -0.1) is 0 Å². The molecule has 1 aliphatic heterocycles. The highest BCUT2D eigenvalue weighted by atomic mass is 19.4. The standard InChI is InChI=1S/C21H12F8N4/c22-12-6-1-2-7-13(12)31-18-14(8-10-4-3-5-11(17(10)23)20(24,25)26)30-15-9-16(21(27,28)29)32-19(15)33-18/h1-7H,8-9H2,(H,31,33). The van der Waals surface area contributed by atoms with Gasteiger partial charge in [0, 0.05) is 12.8 Å². The van der Waals surface area contributed by atoms with Crippen LogP contribution in [0.1, 0.15) is 22.5 Å². The number of halogens is 8. The van der Waals surface area contributed by atoms with Crippen molar-refractivity contribution in [3.05, 3.63) is 76.6 Å². The summed E-state index contributed by atoms with van der Waals surface area (Å²) in [6, 6.07) is 7.93. The second-order valence-electron chi connectivity index (χ2n) is 7.08. The summed E-state index contributed by atoms with van der Waals surface area (Å²) in [4.78, 5) is 11.5. The number of rotatable bonds is 4. The van der Waals surface area contributed by atoms with Crippen LogP contribution in [0, 0.1) is 11.6 Å². The lowest BCUT2D eigenvalue weighted by Gasteiger charge is -2.14. The van der Waals surface area contributed by atoms with Crippen molar-refractivity contribution >= 4 is 23.0 Å². The minimum atomic E-state index is -4.95. The lowest BCUT2D eigenvalue weighted by Crippen LogP contribution is -2.22. The van der Waals surface area contributed by atoms with Crippen molar-refractivity contribution in [1.29, 1.82) is 0 Å². The topological polar surface area (TPSA) is 50.2 Å². The summed E-state index contributed by atoms with van der Waals surface area (Å²) < 4.78 is 107. The number of anilines is 2. The molecule has 2 aromatic carbocycles. The molecule has 0 radical (unpaired) electrons. The fraction of sp³-hybridized carbons (Fsp3) is 0.190. The summed E-state index contributed by atoms with van der Waals surface area (Å²) in [6.07, 6.45) is -10.9. The lowest BCUT2D eigenvalue weighted by molar-refractivity contribution is -0.140. The summed E-state index contributed by atoms with van der Waals surface area (Å²) in [5.74, 6) is -2.90. The van der Waals surface area contributed by atoms with Gasteiger partial charge in [0.05, 0.1) is 22.6 Å². The zero-order valence-corrected chi connectivity index (χ0v) is 16.3. The SMILES string of the molecule is Fc1ccccc1Nc1nc2c(nc1Cc1cccc(C(F)(F)F)c1F)CC(C(F)(F)F)=N2. The Labute approximate surface area is 181 Å². The quantitative estimate of drug-likeness (QED) is 0.454. The maximum Gasteiger partial charge on any atom is 0.429 e. The monoisotopic (exact) mass is 472 g/mol. The highest BCUT2D eigenvalue weighted by Gasteiger charge is 2.40. The van der Waals surface area contributed by atoms with Crippen molar-refractivity contribution in [1.82, 2.24) is 9.97 Å². The molecule has 172 valence electrons. The van der Waals surface area contributed by atoms with E-state index in [2.05, 4.69) is 20.3 Å². The first-order chi connectivity index (χ1) is 15.4. The molecule has 0 saturated carbocycles. The van der Waals surface area contributed by atoms with E-state index in [0.29, 0.717) is 6.07 Å². The van der Waals surface area contributed by atoms with Gasteiger partial charge < -0.3 is 5.32 Å². The van der Waals surface area contributed by atoms with E-state index in [-0.39, 0.29) is 28.7 Å². The van der Waals surface area contributed by atoms with Crippen molar-refractivity contribution in [2.45, 2.75) is 25.2 Å². The van der Waals surface area contributed by atoms with Crippen LogP contribution in [0.15, 0.2) is 47.5 Å². The first-order valence-electron chi connectivity index (χ1n) is 9.34. The van der Waals surface area contributed by atoms with Crippen LogP contribution in [-0.4, -0.2) is 21.9 Å². The Morgan fingerprint density at radius 2 is 1.58 bits per heavy atom. The van der Waals surface area contributed by atoms with Crippen LogP contribution in [0.2, 0.25) is 0 Å². The first-order valence-corrected chi connectivity index (χ1v) is 9.34. The Balaban J connectivity index is 1.78. The van der Waals surface area contributed by atoms with Crippen molar-refractivity contribution in [2.24, 2.45) is 4.99 Å². The predicted molar refractivity (Wildman–Crippen MR) is 103 cm³/mol. The number of aromatic nitrogens is 2. The van der Waals surface area contributed by atoms with Gasteiger partial charge in [-0.1, -0.05) is 24.3 Å². The summed E-state index contributed by atoms with van der Waals surface area (Å²) in [6.45, 7) is 0. The largest absolute Gasteiger partial charge is 0.429 e. The average Bonchev–Trinajstić information content (AvgIpc) is 3.14. The average molecular weight is 472 g/mol. The van der Waals surface area contributed by atoms with Crippen molar-refractivity contribution in [3.8, 4) is 0 Å². The van der Waals surface area contributed by atoms with Crippen LogP contribution < -0.4 is 5.32 Å². The van der Waals surface area contributed by atoms with E-state index in [1.54, 1.807) is 0 Å². The van der Waals surface area contributed by atoms with Gasteiger partial charge in [0.25, 0.3) is 0 Å². The molecule has 4 rings (SSSR count). The normalized spacial score (nSPS) is 13.6. The third kappa shape index (κ3) is 4.64. The fourth-order valence-electron chi connectivity index (χ4n) is 3.23. The number of hydrogen-bond donors (Lipinski definition) is 1. The Morgan fingerprint density at radius 3 is 2.24 bits per heavy atom. The van der Waals surface area contributed by atoms with Gasteiger partial charge in [0.2, 0.25) is 0 Å². The summed E-state index contributed by atoms with van der Waals surface area (Å²) in [5, 5.41) is 2.56. The first kappa shape index (κ1) is 22.6. The smallest absolute Gasteiger partial charge is 0.336 e. The number of aliphatic imine (C=N–C) groups is 1. The molecule has 1 aliphatic rings. The molecule has 0 atom stereocenters. The number of fused-ring (bicyclic) bond motifs is 1. The van der Waals surface area contributed by atoms with Gasteiger partial charge in [0.1, 0.15) is 17.3 Å². The molecule has 12 heteroatoms. The Kier molecular flexibility index (Phi) is 5.54. The fourth-order valence-corrected chi connectivity index (χ4v) is 3.23. The zero-order chi connectivity index (χ0) is 24.0. The van der Waals surface area contributed by atoms with Crippen LogP contribution in [0.25, 0.3) is 0 Å². The number of para-hydroxylation sites is 1. The van der Waals surface area contributed by atoms with Crippen LogP contribution in [0.4, 0.5) is 52.4 Å². The lowest BCUT2D eigenvalue weighted by atomic mass is 10.0. The molecule has 0 amide bonds. The second kappa shape index (κ2) is 8.09. The molecular formula is C21H12F8N4. The minimum absolute atomic E-state index is 0.115. The van der Waals surface area contributed by atoms with Gasteiger partial charge in [-0.25, -0.2) is 23.7 Å². The van der Waals surface area contributed by atoms with Gasteiger partial charge in [0.15, 0.2) is 11.6 Å². The molecule has 3 aromatic rings. The molecule has 1 aromatic heterocycles. The highest BCUT2D eigenvalue weighted by molar-refractivity contribution is 5.96. The maximum atomic E-state index is 14.5. The Hall–Kier alpha value is -3.57. The van der Waals surface area contributed by atoms with E-state index in [1.165, 1.54) is 18.2 Å². The van der Waals surface area contributed by atoms with Gasteiger partial charge in [-0.3, -0.25) is 0 Å². The van der Waals surface area contributed by atoms with Gasteiger partial charge in [-0.05, 0) is 23.8 Å². The van der Waals surface area contributed by atoms with E-state index >= 15 is 0 Å². The predicted octanol–water partition coefficient (Wildman–Crippen LogP) is 6.30. The number of alkyl halides is 6. The summed E-state index contributed by atoms with van der Waals surface area (Å²) >= 11 is 0. The van der Waals surface area contributed by atoms with E-state index < -0.39 is 53.7 Å². The molecule has 4 nitrogen and oxygen atoms in total. The van der Waals surface area contributed by atoms with Gasteiger partial charge in [-0.2, -0.15) is 26.3 Å². The molecule has 0 aliphatic carbocycles. The zero-order valence-electron chi connectivity index (χ0n) is 16.3. The van der Waals surface area contributed by atoms with Crippen molar-refractivity contribution in [3.63, 3.8) is 0 Å². The number of benzene rings is 2. The van der Waals surface area contributed by atoms with E-state index in [4.69, 9.17) is 0 Å². The van der Waals surface area contributed by atoms with Crippen molar-refractivity contribution < 1.29 is 35.1 Å². The Morgan fingerprint density at radius 1 is 0.848 bits per heavy atom. The van der Waals surface area contributed by atoms with Gasteiger partial charge >= 0.3 is 12.4 Å². The van der Waals surface area contributed by atoms with Crippen LogP contribution in [0.5, 0.6) is 0 Å². The molecule has 2 heterocycles. The molecule has 0 fully saturated rings. The number of nitrogens with zero attached hydrogens (tertiary/aromatic N) is 3. The van der Waals surface area contributed by atoms with E-state index in [0.717, 1.165) is 18.2 Å². The van der Waals surface area contributed by atoms with E-state index in [1.807, 2.05) is 0 Å². The number of hydrogen-bond acceptors (Lipinski definition) is 4.